The third kappa shape index (κ3) is 5.86. The van der Waals surface area contributed by atoms with Gasteiger partial charge in [-0.2, -0.15) is 0 Å². The highest BCUT2D eigenvalue weighted by Gasteiger charge is 2.32. The highest BCUT2D eigenvalue weighted by atomic mass is 35.5. The van der Waals surface area contributed by atoms with Crippen LogP contribution >= 0.6 is 11.6 Å². The average molecular weight is 396 g/mol. The van der Waals surface area contributed by atoms with Crippen LogP contribution in [0.1, 0.15) is 13.8 Å². The van der Waals surface area contributed by atoms with Crippen molar-refractivity contribution in [2.24, 2.45) is 0 Å². The molecule has 2 aromatic rings. The fourth-order valence-electron chi connectivity index (χ4n) is 2.11. The molecule has 0 heterocycles. The van der Waals surface area contributed by atoms with E-state index in [1.165, 1.54) is 51.3 Å². The van der Waals surface area contributed by atoms with Crippen molar-refractivity contribution in [2.45, 2.75) is 19.4 Å². The highest BCUT2D eigenvalue weighted by molar-refractivity contribution is 6.31. The maximum Gasteiger partial charge on any atom is 0.350 e. The second kappa shape index (κ2) is 8.73. The second-order valence-electron chi connectivity index (χ2n) is 6.04. The van der Waals surface area contributed by atoms with Gasteiger partial charge < -0.3 is 19.5 Å². The standard InChI is InChI=1S/C19H19ClFNO5/c1-19(2,27-14-7-5-13(21)6-8-14)18(24)26-11-17(23)22-15-10-12(20)4-9-16(15)25-3/h4-10H,11H2,1-3H3,(H,22,23). The molecule has 27 heavy (non-hydrogen) atoms. The van der Waals surface area contributed by atoms with Crippen molar-refractivity contribution in [3.05, 3.63) is 53.3 Å². The molecule has 0 aromatic heterocycles. The first-order valence-corrected chi connectivity index (χ1v) is 8.34. The Labute approximate surface area is 161 Å². The van der Waals surface area contributed by atoms with Crippen molar-refractivity contribution < 1.29 is 28.2 Å². The quantitative estimate of drug-likeness (QED) is 0.721. The topological polar surface area (TPSA) is 73.9 Å². The molecule has 2 aromatic carbocycles. The number of carbonyl (C=O) groups is 2. The first kappa shape index (κ1) is 20.5. The van der Waals surface area contributed by atoms with Gasteiger partial charge in [0.25, 0.3) is 5.91 Å². The van der Waals surface area contributed by atoms with Crippen LogP contribution in [0, 0.1) is 5.82 Å². The zero-order valence-electron chi connectivity index (χ0n) is 15.0. The van der Waals surface area contributed by atoms with Crippen LogP contribution in [0.25, 0.3) is 0 Å². The monoisotopic (exact) mass is 395 g/mol. The molecule has 0 fully saturated rings. The number of carbonyl (C=O) groups excluding carboxylic acids is 2. The molecule has 0 aliphatic heterocycles. The lowest BCUT2D eigenvalue weighted by molar-refractivity contribution is -0.161. The molecule has 0 atom stereocenters. The third-order valence-electron chi connectivity index (χ3n) is 3.45. The number of esters is 1. The van der Waals surface area contributed by atoms with Gasteiger partial charge in [0.05, 0.1) is 12.8 Å². The van der Waals surface area contributed by atoms with Gasteiger partial charge in [0.1, 0.15) is 17.3 Å². The number of amides is 1. The maximum absolute atomic E-state index is 12.9. The number of hydrogen-bond acceptors (Lipinski definition) is 5. The average Bonchev–Trinajstić information content (AvgIpc) is 2.61. The molecule has 1 N–H and O–H groups in total. The highest BCUT2D eigenvalue weighted by Crippen LogP contribution is 2.27. The molecule has 0 spiro atoms. The van der Waals surface area contributed by atoms with Gasteiger partial charge in [0.2, 0.25) is 0 Å². The summed E-state index contributed by atoms with van der Waals surface area (Å²) < 4.78 is 28.6. The van der Waals surface area contributed by atoms with E-state index in [1.807, 2.05) is 0 Å². The molecular weight excluding hydrogens is 377 g/mol. The van der Waals surface area contributed by atoms with E-state index < -0.39 is 29.9 Å². The minimum Gasteiger partial charge on any atom is -0.495 e. The van der Waals surface area contributed by atoms with Gasteiger partial charge in [-0.1, -0.05) is 11.6 Å². The Bertz CT molecular complexity index is 823. The maximum atomic E-state index is 12.9. The lowest BCUT2D eigenvalue weighted by Crippen LogP contribution is -2.41. The van der Waals surface area contributed by atoms with E-state index in [-0.39, 0.29) is 0 Å². The summed E-state index contributed by atoms with van der Waals surface area (Å²) in [6.45, 7) is 2.44. The minimum absolute atomic E-state index is 0.298. The molecule has 0 saturated carbocycles. The molecule has 0 saturated heterocycles. The van der Waals surface area contributed by atoms with Crippen molar-refractivity contribution in [1.82, 2.24) is 0 Å². The van der Waals surface area contributed by atoms with E-state index in [0.717, 1.165) is 0 Å². The summed E-state index contributed by atoms with van der Waals surface area (Å²) in [7, 11) is 1.45. The van der Waals surface area contributed by atoms with Crippen LogP contribution in [0.3, 0.4) is 0 Å². The van der Waals surface area contributed by atoms with Crippen LogP contribution in [0.15, 0.2) is 42.5 Å². The van der Waals surface area contributed by atoms with E-state index >= 15 is 0 Å². The lowest BCUT2D eigenvalue weighted by Gasteiger charge is -2.24. The molecule has 6 nitrogen and oxygen atoms in total. The number of benzene rings is 2. The van der Waals surface area contributed by atoms with Gasteiger partial charge >= 0.3 is 5.97 Å². The van der Waals surface area contributed by atoms with E-state index in [1.54, 1.807) is 12.1 Å². The van der Waals surface area contributed by atoms with E-state index in [2.05, 4.69) is 5.32 Å². The Morgan fingerprint density at radius 1 is 1.15 bits per heavy atom. The number of halogens is 2. The minimum atomic E-state index is -1.37. The van der Waals surface area contributed by atoms with E-state index in [4.69, 9.17) is 25.8 Å². The molecule has 0 bridgehead atoms. The fourth-order valence-corrected chi connectivity index (χ4v) is 2.28. The normalized spacial score (nSPS) is 10.9. The van der Waals surface area contributed by atoms with Gasteiger partial charge in [-0.05, 0) is 56.3 Å². The molecule has 144 valence electrons. The first-order chi connectivity index (χ1) is 12.7. The summed E-state index contributed by atoms with van der Waals surface area (Å²) in [5.74, 6) is -1.03. The third-order valence-corrected chi connectivity index (χ3v) is 3.68. The van der Waals surface area contributed by atoms with Crippen LogP contribution in [-0.2, 0) is 14.3 Å². The predicted octanol–water partition coefficient (Wildman–Crippen LogP) is 3.83. The van der Waals surface area contributed by atoms with Gasteiger partial charge in [-0.15, -0.1) is 0 Å². The second-order valence-corrected chi connectivity index (χ2v) is 6.47. The van der Waals surface area contributed by atoms with Crippen LogP contribution in [-0.4, -0.2) is 31.2 Å². The summed E-state index contributed by atoms with van der Waals surface area (Å²) in [6.07, 6.45) is 0. The number of anilines is 1. The van der Waals surface area contributed by atoms with Gasteiger partial charge in [0.15, 0.2) is 12.2 Å². The molecular formula is C19H19ClFNO5. The Kier molecular flexibility index (Phi) is 6.63. The first-order valence-electron chi connectivity index (χ1n) is 7.96. The lowest BCUT2D eigenvalue weighted by atomic mass is 10.1. The summed E-state index contributed by atoms with van der Waals surface area (Å²) in [5.41, 5.74) is -1.01. The van der Waals surface area contributed by atoms with Crippen molar-refractivity contribution in [1.29, 1.82) is 0 Å². The van der Waals surface area contributed by atoms with Gasteiger partial charge in [-0.3, -0.25) is 4.79 Å². The van der Waals surface area contributed by atoms with Crippen LogP contribution in [0.5, 0.6) is 11.5 Å². The summed E-state index contributed by atoms with van der Waals surface area (Å²) in [6, 6.07) is 9.94. The van der Waals surface area contributed by atoms with Crippen LogP contribution in [0.2, 0.25) is 5.02 Å². The number of hydrogen-bond donors (Lipinski definition) is 1. The fraction of sp³-hybridized carbons (Fsp3) is 0.263. The predicted molar refractivity (Wildman–Crippen MR) is 98.7 cm³/mol. The number of rotatable bonds is 7. The summed E-state index contributed by atoms with van der Waals surface area (Å²) in [5, 5.41) is 2.97. The summed E-state index contributed by atoms with van der Waals surface area (Å²) in [4.78, 5) is 24.3. The summed E-state index contributed by atoms with van der Waals surface area (Å²) >= 11 is 5.90. The zero-order chi connectivity index (χ0) is 20.0. The molecule has 1 amide bonds. The van der Waals surface area contributed by atoms with Crippen molar-refractivity contribution >= 4 is 29.2 Å². The van der Waals surface area contributed by atoms with E-state index in [9.17, 15) is 14.0 Å². The smallest absolute Gasteiger partial charge is 0.350 e. The molecule has 0 unspecified atom stereocenters. The molecule has 0 radical (unpaired) electrons. The SMILES string of the molecule is COc1ccc(Cl)cc1NC(=O)COC(=O)C(C)(C)Oc1ccc(F)cc1. The molecule has 0 aliphatic carbocycles. The molecule has 2 rings (SSSR count). The van der Waals surface area contributed by atoms with Crippen molar-refractivity contribution in [2.75, 3.05) is 19.0 Å². The van der Waals surface area contributed by atoms with Crippen molar-refractivity contribution in [3.8, 4) is 11.5 Å². The van der Waals surface area contributed by atoms with Crippen LogP contribution < -0.4 is 14.8 Å². The Morgan fingerprint density at radius 2 is 1.81 bits per heavy atom. The Balaban J connectivity index is 1.92. The van der Waals surface area contributed by atoms with E-state index in [0.29, 0.717) is 22.2 Å². The van der Waals surface area contributed by atoms with Gasteiger partial charge in [0, 0.05) is 5.02 Å². The number of ether oxygens (including phenoxy) is 3. The Morgan fingerprint density at radius 3 is 2.44 bits per heavy atom. The Hall–Kier alpha value is -2.80. The van der Waals surface area contributed by atoms with Crippen molar-refractivity contribution in [3.63, 3.8) is 0 Å². The van der Waals surface area contributed by atoms with Gasteiger partial charge in [-0.25, -0.2) is 9.18 Å². The number of methoxy groups -OCH3 is 1. The number of nitrogens with one attached hydrogen (secondary N) is 1. The zero-order valence-corrected chi connectivity index (χ0v) is 15.8. The molecule has 0 aliphatic rings. The van der Waals surface area contributed by atoms with Crippen LogP contribution in [0.4, 0.5) is 10.1 Å². The molecule has 8 heteroatoms. The largest absolute Gasteiger partial charge is 0.495 e.